The van der Waals surface area contributed by atoms with Crippen LogP contribution in [0.25, 0.3) is 17.0 Å². The Morgan fingerprint density at radius 3 is 2.73 bits per heavy atom. The topological polar surface area (TPSA) is 108 Å². The molecular formula is C29H32N4O4. The number of morpholine rings is 1. The molecule has 0 radical (unpaired) electrons. The second kappa shape index (κ2) is 12.9. The van der Waals surface area contributed by atoms with Gasteiger partial charge in [0.2, 0.25) is 0 Å². The van der Waals surface area contributed by atoms with Crippen LogP contribution >= 0.6 is 0 Å². The van der Waals surface area contributed by atoms with Crippen molar-refractivity contribution in [1.29, 1.82) is 5.26 Å². The van der Waals surface area contributed by atoms with E-state index in [1.165, 1.54) is 6.08 Å². The number of fused-ring (bicyclic) bond motifs is 1. The lowest BCUT2D eigenvalue weighted by Gasteiger charge is -2.26. The lowest BCUT2D eigenvalue weighted by molar-refractivity contribution is -0.117. The highest BCUT2D eigenvalue weighted by molar-refractivity contribution is 6.02. The molecule has 1 aliphatic heterocycles. The van der Waals surface area contributed by atoms with Gasteiger partial charge in [0.1, 0.15) is 35.3 Å². The molecule has 0 bridgehead atoms. The first-order chi connectivity index (χ1) is 18.1. The first kappa shape index (κ1) is 26.1. The smallest absolute Gasteiger partial charge is 0.262 e. The molecule has 8 nitrogen and oxygen atoms in total. The highest BCUT2D eigenvalue weighted by Crippen LogP contribution is 2.24. The molecule has 192 valence electrons. The van der Waals surface area contributed by atoms with Gasteiger partial charge in [0, 0.05) is 25.0 Å². The lowest BCUT2D eigenvalue weighted by atomic mass is 10.0. The summed E-state index contributed by atoms with van der Waals surface area (Å²) in [5.74, 6) is 0.361. The van der Waals surface area contributed by atoms with Gasteiger partial charge < -0.3 is 19.9 Å². The van der Waals surface area contributed by atoms with Crippen LogP contribution in [0, 0.1) is 11.3 Å². The summed E-state index contributed by atoms with van der Waals surface area (Å²) in [6.07, 6.45) is 3.03. The van der Waals surface area contributed by atoms with Crippen molar-refractivity contribution in [2.24, 2.45) is 0 Å². The maximum Gasteiger partial charge on any atom is 0.262 e. The van der Waals surface area contributed by atoms with Crippen LogP contribution in [0.5, 0.6) is 11.5 Å². The van der Waals surface area contributed by atoms with Crippen LogP contribution in [0.15, 0.2) is 60.2 Å². The van der Waals surface area contributed by atoms with Crippen molar-refractivity contribution in [3.8, 4) is 17.6 Å². The number of carbonyl (C=O) groups excluding carboxylic acids is 1. The molecule has 1 fully saturated rings. The van der Waals surface area contributed by atoms with Gasteiger partial charge in [0.15, 0.2) is 0 Å². The van der Waals surface area contributed by atoms with Gasteiger partial charge in [0.25, 0.3) is 5.91 Å². The molecule has 1 amide bonds. The maximum absolute atomic E-state index is 13.0. The third kappa shape index (κ3) is 7.06. The number of nitriles is 1. The Morgan fingerprint density at radius 2 is 2.00 bits per heavy atom. The molecule has 4 rings (SSSR count). The number of hydrogen-bond donors (Lipinski definition) is 2. The maximum atomic E-state index is 13.0. The Morgan fingerprint density at radius 1 is 1.22 bits per heavy atom. The minimum Gasteiger partial charge on any atom is -0.506 e. The summed E-state index contributed by atoms with van der Waals surface area (Å²) in [6, 6.07) is 18.1. The van der Waals surface area contributed by atoms with Crippen molar-refractivity contribution in [3.63, 3.8) is 0 Å². The Kier molecular flexibility index (Phi) is 9.08. The Labute approximate surface area is 217 Å². The van der Waals surface area contributed by atoms with Gasteiger partial charge in [-0.2, -0.15) is 5.26 Å². The first-order valence-corrected chi connectivity index (χ1v) is 12.6. The average molecular weight is 501 g/mol. The van der Waals surface area contributed by atoms with Gasteiger partial charge in [-0.3, -0.25) is 9.69 Å². The number of rotatable bonds is 10. The van der Waals surface area contributed by atoms with Crippen LogP contribution in [0.4, 0.5) is 0 Å². The van der Waals surface area contributed by atoms with Crippen LogP contribution in [0.3, 0.4) is 0 Å². The molecule has 0 aliphatic carbocycles. The second-order valence-electron chi connectivity index (χ2n) is 8.94. The number of aromatic hydroxyl groups is 1. The van der Waals surface area contributed by atoms with Crippen LogP contribution in [-0.2, 0) is 9.53 Å². The highest BCUT2D eigenvalue weighted by atomic mass is 16.5. The summed E-state index contributed by atoms with van der Waals surface area (Å²) in [4.78, 5) is 19.7. The Hall–Kier alpha value is -3.93. The Bertz CT molecular complexity index is 1280. The summed E-state index contributed by atoms with van der Waals surface area (Å²) in [5.41, 5.74) is 1.74. The number of hydrogen-bond acceptors (Lipinski definition) is 7. The zero-order chi connectivity index (χ0) is 26.0. The Balaban J connectivity index is 1.40. The second-order valence-corrected chi connectivity index (χ2v) is 8.94. The number of aromatic nitrogens is 1. The third-order valence-electron chi connectivity index (χ3n) is 6.32. The van der Waals surface area contributed by atoms with E-state index in [-0.39, 0.29) is 17.4 Å². The number of pyridine rings is 1. The van der Waals surface area contributed by atoms with Crippen molar-refractivity contribution in [3.05, 3.63) is 71.4 Å². The number of benzene rings is 2. The molecule has 3 aromatic rings. The molecular weight excluding hydrogens is 468 g/mol. The first-order valence-electron chi connectivity index (χ1n) is 12.6. The summed E-state index contributed by atoms with van der Waals surface area (Å²) >= 11 is 0. The minimum atomic E-state index is -0.467. The fraction of sp³-hybridized carbons (Fsp3) is 0.345. The number of carbonyl (C=O) groups is 1. The van der Waals surface area contributed by atoms with E-state index in [2.05, 4.69) is 22.1 Å². The van der Waals surface area contributed by atoms with E-state index in [0.717, 1.165) is 62.4 Å². The van der Waals surface area contributed by atoms with Gasteiger partial charge in [-0.1, -0.05) is 43.7 Å². The van der Waals surface area contributed by atoms with Crippen molar-refractivity contribution >= 4 is 22.9 Å². The number of phenols is 1. The van der Waals surface area contributed by atoms with Gasteiger partial charge in [-0.05, 0) is 42.3 Å². The number of amides is 1. The molecule has 2 aromatic carbocycles. The van der Waals surface area contributed by atoms with Crippen LogP contribution < -0.4 is 10.1 Å². The largest absolute Gasteiger partial charge is 0.506 e. The molecule has 1 atom stereocenters. The zero-order valence-electron chi connectivity index (χ0n) is 21.0. The number of para-hydroxylation sites is 1. The molecule has 0 spiro atoms. The zero-order valence-corrected chi connectivity index (χ0v) is 21.0. The van der Waals surface area contributed by atoms with Gasteiger partial charge in [0.05, 0.1) is 24.9 Å². The predicted molar refractivity (Wildman–Crippen MR) is 142 cm³/mol. The molecule has 8 heteroatoms. The van der Waals surface area contributed by atoms with E-state index in [1.807, 2.05) is 36.4 Å². The van der Waals surface area contributed by atoms with E-state index in [9.17, 15) is 15.2 Å². The van der Waals surface area contributed by atoms with Crippen molar-refractivity contribution < 1.29 is 19.4 Å². The minimum absolute atomic E-state index is 0.0484. The van der Waals surface area contributed by atoms with E-state index < -0.39 is 5.91 Å². The summed E-state index contributed by atoms with van der Waals surface area (Å²) in [5, 5.41) is 23.5. The van der Waals surface area contributed by atoms with E-state index in [1.54, 1.807) is 24.3 Å². The normalized spacial score (nSPS) is 15.2. The standard InChI is InChI=1S/C29H32N4O4/c1-2-4-26(21-8-11-25(12-9-21)37-18-15-33-13-16-36-17-14-33)32-29(35)23(20-30)19-24-10-7-22-5-3-6-27(34)28(22)31-24/h3,5-12,19,26,34H,2,4,13-18H2,1H3,(H,32,35). The molecule has 1 aromatic heterocycles. The molecule has 0 saturated carbocycles. The summed E-state index contributed by atoms with van der Waals surface area (Å²) < 4.78 is 11.3. The molecule has 1 aliphatic rings. The van der Waals surface area contributed by atoms with Gasteiger partial charge in [-0.15, -0.1) is 0 Å². The number of ether oxygens (including phenoxy) is 2. The number of nitrogens with one attached hydrogen (secondary N) is 1. The predicted octanol–water partition coefficient (Wildman–Crippen LogP) is 4.22. The van der Waals surface area contributed by atoms with Crippen LogP contribution in [-0.4, -0.2) is 60.4 Å². The van der Waals surface area contributed by atoms with Crippen molar-refractivity contribution in [2.75, 3.05) is 39.5 Å². The van der Waals surface area contributed by atoms with Gasteiger partial charge in [-0.25, -0.2) is 4.98 Å². The summed E-state index contributed by atoms with van der Waals surface area (Å²) in [6.45, 7) is 6.90. The number of nitrogens with zero attached hydrogens (tertiary/aromatic N) is 3. The fourth-order valence-electron chi connectivity index (χ4n) is 4.28. The van der Waals surface area contributed by atoms with Crippen LogP contribution in [0.2, 0.25) is 0 Å². The summed E-state index contributed by atoms with van der Waals surface area (Å²) in [7, 11) is 0. The average Bonchev–Trinajstić information content (AvgIpc) is 2.93. The molecule has 2 heterocycles. The quantitative estimate of drug-likeness (QED) is 0.317. The highest BCUT2D eigenvalue weighted by Gasteiger charge is 2.18. The van der Waals surface area contributed by atoms with Crippen LogP contribution in [0.1, 0.15) is 37.1 Å². The van der Waals surface area contributed by atoms with Crippen molar-refractivity contribution in [2.45, 2.75) is 25.8 Å². The van der Waals surface area contributed by atoms with Crippen molar-refractivity contribution in [1.82, 2.24) is 15.2 Å². The van der Waals surface area contributed by atoms with E-state index in [0.29, 0.717) is 17.8 Å². The monoisotopic (exact) mass is 500 g/mol. The molecule has 2 N–H and O–H groups in total. The molecule has 1 saturated heterocycles. The SMILES string of the molecule is CCCC(NC(=O)C(C#N)=Cc1ccc2cccc(O)c2n1)c1ccc(OCCN2CCOCC2)cc1. The van der Waals surface area contributed by atoms with E-state index in [4.69, 9.17) is 9.47 Å². The lowest BCUT2D eigenvalue weighted by Crippen LogP contribution is -2.38. The third-order valence-corrected chi connectivity index (χ3v) is 6.32. The molecule has 1 unspecified atom stereocenters. The number of phenolic OH excluding ortho intramolecular Hbond substituents is 1. The fourth-order valence-corrected chi connectivity index (χ4v) is 4.28. The molecule has 37 heavy (non-hydrogen) atoms. The van der Waals surface area contributed by atoms with E-state index >= 15 is 0 Å². The van der Waals surface area contributed by atoms with Gasteiger partial charge >= 0.3 is 0 Å².